The van der Waals surface area contributed by atoms with Crippen LogP contribution in [0, 0.1) is 18.3 Å². The van der Waals surface area contributed by atoms with E-state index in [1.165, 1.54) is 0 Å². The Labute approximate surface area is 119 Å². The van der Waals surface area contributed by atoms with Gasteiger partial charge in [0.05, 0.1) is 11.3 Å². The van der Waals surface area contributed by atoms with E-state index in [1.54, 1.807) is 24.3 Å². The maximum absolute atomic E-state index is 9.04. The van der Waals surface area contributed by atoms with Crippen molar-refractivity contribution < 1.29 is 0 Å². The van der Waals surface area contributed by atoms with Crippen LogP contribution in [0.3, 0.4) is 0 Å². The monoisotopic (exact) mass is 321 g/mol. The molecule has 1 N–H and O–H groups in total. The third kappa shape index (κ3) is 2.81. The summed E-state index contributed by atoms with van der Waals surface area (Å²) in [5.74, 6) is 0.542. The fraction of sp³-hybridized carbons (Fsp3) is 0.0769. The van der Waals surface area contributed by atoms with Gasteiger partial charge < -0.3 is 5.32 Å². The number of nitrogens with zero attached hydrogens (tertiary/aromatic N) is 2. The standard InChI is InChI=1S/C13H9BrClN3/c1-8-2-3-9(7-16)13(17-8)18-12-5-4-10(15)6-11(12)14/h2-6H,1H3,(H,17,18). The van der Waals surface area contributed by atoms with Crippen LogP contribution in [0.15, 0.2) is 34.8 Å². The highest BCUT2D eigenvalue weighted by atomic mass is 79.9. The van der Waals surface area contributed by atoms with Gasteiger partial charge in [0.25, 0.3) is 0 Å². The molecule has 0 bridgehead atoms. The average molecular weight is 323 g/mol. The van der Waals surface area contributed by atoms with E-state index in [1.807, 2.05) is 13.0 Å². The summed E-state index contributed by atoms with van der Waals surface area (Å²) in [4.78, 5) is 4.32. The topological polar surface area (TPSA) is 48.7 Å². The molecular formula is C13H9BrClN3. The van der Waals surface area contributed by atoms with Crippen LogP contribution in [0.4, 0.5) is 11.5 Å². The Bertz CT molecular complexity index is 635. The smallest absolute Gasteiger partial charge is 0.148 e. The molecule has 0 radical (unpaired) electrons. The molecule has 0 atom stereocenters. The van der Waals surface area contributed by atoms with Gasteiger partial charge in [0.15, 0.2) is 0 Å². The number of hydrogen-bond acceptors (Lipinski definition) is 3. The molecule has 90 valence electrons. The summed E-state index contributed by atoms with van der Waals surface area (Å²) >= 11 is 9.29. The van der Waals surface area contributed by atoms with Gasteiger partial charge in [-0.25, -0.2) is 4.98 Å². The number of aromatic nitrogens is 1. The maximum Gasteiger partial charge on any atom is 0.148 e. The fourth-order valence-electron chi connectivity index (χ4n) is 1.46. The average Bonchev–Trinajstić information content (AvgIpc) is 2.33. The highest BCUT2D eigenvalue weighted by Gasteiger charge is 2.07. The number of benzene rings is 1. The van der Waals surface area contributed by atoms with Crippen molar-refractivity contribution >= 4 is 39.0 Å². The number of halogens is 2. The van der Waals surface area contributed by atoms with E-state index in [4.69, 9.17) is 16.9 Å². The molecule has 0 unspecified atom stereocenters. The zero-order valence-electron chi connectivity index (χ0n) is 9.54. The summed E-state index contributed by atoms with van der Waals surface area (Å²) < 4.78 is 0.821. The second kappa shape index (κ2) is 5.38. The summed E-state index contributed by atoms with van der Waals surface area (Å²) in [7, 11) is 0. The third-order valence-electron chi connectivity index (χ3n) is 2.34. The first-order valence-corrected chi connectivity index (χ1v) is 6.37. The van der Waals surface area contributed by atoms with Crippen LogP contribution in [0.2, 0.25) is 5.02 Å². The van der Waals surface area contributed by atoms with Crippen molar-refractivity contribution in [2.75, 3.05) is 5.32 Å². The quantitative estimate of drug-likeness (QED) is 0.890. The number of nitriles is 1. The van der Waals surface area contributed by atoms with Crippen LogP contribution in [0.1, 0.15) is 11.3 Å². The summed E-state index contributed by atoms with van der Waals surface area (Å²) in [6, 6.07) is 11.0. The molecule has 0 aliphatic rings. The number of hydrogen-bond donors (Lipinski definition) is 1. The molecule has 2 rings (SSSR count). The van der Waals surface area contributed by atoms with Crippen molar-refractivity contribution in [3.8, 4) is 6.07 Å². The van der Waals surface area contributed by atoms with Gasteiger partial charge in [-0.1, -0.05) is 11.6 Å². The zero-order chi connectivity index (χ0) is 13.1. The van der Waals surface area contributed by atoms with Crippen molar-refractivity contribution in [2.24, 2.45) is 0 Å². The molecule has 1 aromatic carbocycles. The van der Waals surface area contributed by atoms with Crippen LogP contribution in [-0.4, -0.2) is 4.98 Å². The number of nitrogens with one attached hydrogen (secondary N) is 1. The van der Waals surface area contributed by atoms with Gasteiger partial charge in [-0.15, -0.1) is 0 Å². The molecule has 0 fully saturated rings. The van der Waals surface area contributed by atoms with Gasteiger partial charge in [-0.3, -0.25) is 0 Å². The molecule has 1 heterocycles. The third-order valence-corrected chi connectivity index (χ3v) is 3.23. The summed E-state index contributed by atoms with van der Waals surface area (Å²) in [6.07, 6.45) is 0. The van der Waals surface area contributed by atoms with E-state index in [0.717, 1.165) is 15.9 Å². The predicted molar refractivity (Wildman–Crippen MR) is 76.1 cm³/mol. The minimum absolute atomic E-state index is 0.502. The molecule has 5 heteroatoms. The number of rotatable bonds is 2. The molecule has 0 amide bonds. The SMILES string of the molecule is Cc1ccc(C#N)c(Nc2ccc(Cl)cc2Br)n1. The van der Waals surface area contributed by atoms with Gasteiger partial charge >= 0.3 is 0 Å². The van der Waals surface area contributed by atoms with Gasteiger partial charge in [0, 0.05) is 15.2 Å². The molecule has 0 aliphatic carbocycles. The van der Waals surface area contributed by atoms with E-state index in [0.29, 0.717) is 16.4 Å². The minimum Gasteiger partial charge on any atom is -0.338 e. The summed E-state index contributed by atoms with van der Waals surface area (Å²) in [6.45, 7) is 1.88. The van der Waals surface area contributed by atoms with E-state index in [-0.39, 0.29) is 0 Å². The highest BCUT2D eigenvalue weighted by molar-refractivity contribution is 9.10. The Morgan fingerprint density at radius 3 is 2.78 bits per heavy atom. The highest BCUT2D eigenvalue weighted by Crippen LogP contribution is 2.29. The summed E-state index contributed by atoms with van der Waals surface area (Å²) in [5, 5.41) is 12.8. The van der Waals surface area contributed by atoms with Gasteiger partial charge in [-0.05, 0) is 53.2 Å². The molecule has 1 aromatic heterocycles. The van der Waals surface area contributed by atoms with Crippen LogP contribution in [0.25, 0.3) is 0 Å². The Balaban J connectivity index is 2.40. The Morgan fingerprint density at radius 2 is 2.11 bits per heavy atom. The molecule has 0 spiro atoms. The lowest BCUT2D eigenvalue weighted by Crippen LogP contribution is -1.98. The lowest BCUT2D eigenvalue weighted by atomic mass is 10.2. The van der Waals surface area contributed by atoms with Crippen LogP contribution in [-0.2, 0) is 0 Å². The van der Waals surface area contributed by atoms with E-state index >= 15 is 0 Å². The van der Waals surface area contributed by atoms with E-state index in [2.05, 4.69) is 32.3 Å². The molecule has 2 aromatic rings. The lowest BCUT2D eigenvalue weighted by Gasteiger charge is -2.10. The van der Waals surface area contributed by atoms with Gasteiger partial charge in [-0.2, -0.15) is 5.26 Å². The van der Waals surface area contributed by atoms with Crippen LogP contribution in [0.5, 0.6) is 0 Å². The first-order chi connectivity index (χ1) is 8.60. The predicted octanol–water partition coefficient (Wildman–Crippen LogP) is 4.42. The van der Waals surface area contributed by atoms with Crippen LogP contribution < -0.4 is 5.32 Å². The second-order valence-corrected chi connectivity index (χ2v) is 5.00. The van der Waals surface area contributed by atoms with E-state index < -0.39 is 0 Å². The molecule has 3 nitrogen and oxygen atoms in total. The number of aryl methyl sites for hydroxylation is 1. The largest absolute Gasteiger partial charge is 0.338 e. The molecule has 18 heavy (non-hydrogen) atoms. The van der Waals surface area contributed by atoms with Crippen molar-refractivity contribution in [3.05, 3.63) is 51.1 Å². The normalized spacial score (nSPS) is 9.89. The molecular weight excluding hydrogens is 314 g/mol. The Morgan fingerprint density at radius 1 is 1.33 bits per heavy atom. The maximum atomic E-state index is 9.04. The molecule has 0 aliphatic heterocycles. The van der Waals surface area contributed by atoms with Crippen molar-refractivity contribution in [3.63, 3.8) is 0 Å². The lowest BCUT2D eigenvalue weighted by molar-refractivity contribution is 1.19. The van der Waals surface area contributed by atoms with Crippen molar-refractivity contribution in [1.29, 1.82) is 5.26 Å². The number of anilines is 2. The molecule has 0 saturated heterocycles. The van der Waals surface area contributed by atoms with Gasteiger partial charge in [0.2, 0.25) is 0 Å². The number of pyridine rings is 1. The Kier molecular flexibility index (Phi) is 3.85. The summed E-state index contributed by atoms with van der Waals surface area (Å²) in [5.41, 5.74) is 2.16. The Hall–Kier alpha value is -1.57. The van der Waals surface area contributed by atoms with Crippen molar-refractivity contribution in [1.82, 2.24) is 4.98 Å². The zero-order valence-corrected chi connectivity index (χ0v) is 11.9. The van der Waals surface area contributed by atoms with E-state index in [9.17, 15) is 0 Å². The second-order valence-electron chi connectivity index (χ2n) is 3.71. The van der Waals surface area contributed by atoms with Gasteiger partial charge in [0.1, 0.15) is 11.9 Å². The molecule has 0 saturated carbocycles. The van der Waals surface area contributed by atoms with Crippen molar-refractivity contribution in [2.45, 2.75) is 6.92 Å². The first-order valence-electron chi connectivity index (χ1n) is 5.20. The first kappa shape index (κ1) is 12.9. The minimum atomic E-state index is 0.502. The van der Waals surface area contributed by atoms with Crippen LogP contribution >= 0.6 is 27.5 Å². The fourth-order valence-corrected chi connectivity index (χ4v) is 2.24.